The number of piperidine rings is 1. The van der Waals surface area contributed by atoms with Gasteiger partial charge in [0.05, 0.1) is 0 Å². The standard InChI is InChI=1S/C28H40N6O2/c1-19(2)13-16-33-23-24(30-26(33)32-15-7-8-22(29)18-32)31(6)27(36)34(25(23)35)17-14-20-9-11-21(12-10-20)28(3,4)5/h9-13,22H,7-8,14-18,29H2,1-6H3. The van der Waals surface area contributed by atoms with Crippen LogP contribution >= 0.6 is 0 Å². The van der Waals surface area contributed by atoms with Crippen molar-refractivity contribution in [3.05, 3.63) is 67.9 Å². The third kappa shape index (κ3) is 5.19. The molecule has 0 amide bonds. The molecule has 3 aromatic rings. The van der Waals surface area contributed by atoms with Crippen LogP contribution in [0.1, 0.15) is 58.6 Å². The number of hydrogen-bond donors (Lipinski definition) is 1. The van der Waals surface area contributed by atoms with Crippen LogP contribution in [0.15, 0.2) is 45.5 Å². The van der Waals surface area contributed by atoms with E-state index < -0.39 is 0 Å². The maximum absolute atomic E-state index is 13.8. The zero-order valence-corrected chi connectivity index (χ0v) is 22.5. The summed E-state index contributed by atoms with van der Waals surface area (Å²) < 4.78 is 4.81. The van der Waals surface area contributed by atoms with Crippen LogP contribution in [0.4, 0.5) is 5.95 Å². The van der Waals surface area contributed by atoms with Gasteiger partial charge in [0.25, 0.3) is 5.56 Å². The molecule has 3 heterocycles. The van der Waals surface area contributed by atoms with Crippen LogP contribution in [0.5, 0.6) is 0 Å². The van der Waals surface area contributed by atoms with Crippen molar-refractivity contribution in [2.75, 3.05) is 18.0 Å². The van der Waals surface area contributed by atoms with E-state index in [0.29, 0.717) is 43.2 Å². The van der Waals surface area contributed by atoms with Gasteiger partial charge in [0.2, 0.25) is 5.95 Å². The number of rotatable bonds is 6. The van der Waals surface area contributed by atoms with E-state index in [4.69, 9.17) is 10.7 Å². The van der Waals surface area contributed by atoms with Crippen LogP contribution in [-0.4, -0.2) is 37.8 Å². The first-order chi connectivity index (χ1) is 17.0. The molecule has 2 N–H and O–H groups in total. The molecule has 8 nitrogen and oxygen atoms in total. The summed E-state index contributed by atoms with van der Waals surface area (Å²) >= 11 is 0. The van der Waals surface area contributed by atoms with Crippen molar-refractivity contribution in [1.29, 1.82) is 0 Å². The third-order valence-corrected chi connectivity index (χ3v) is 7.08. The van der Waals surface area contributed by atoms with Crippen molar-refractivity contribution in [2.24, 2.45) is 12.8 Å². The summed E-state index contributed by atoms with van der Waals surface area (Å²) in [6.45, 7) is 13.0. The first-order valence-corrected chi connectivity index (χ1v) is 12.9. The second-order valence-electron chi connectivity index (χ2n) is 11.3. The number of aromatic nitrogens is 4. The minimum Gasteiger partial charge on any atom is -0.341 e. The molecule has 0 spiro atoms. The Morgan fingerprint density at radius 1 is 1.14 bits per heavy atom. The number of hydrogen-bond acceptors (Lipinski definition) is 5. The lowest BCUT2D eigenvalue weighted by atomic mass is 9.86. The Hall–Kier alpha value is -3.13. The van der Waals surface area contributed by atoms with Gasteiger partial charge < -0.3 is 15.2 Å². The van der Waals surface area contributed by atoms with Crippen LogP contribution in [0.2, 0.25) is 0 Å². The third-order valence-electron chi connectivity index (χ3n) is 7.08. The Labute approximate surface area is 213 Å². The highest BCUT2D eigenvalue weighted by molar-refractivity contribution is 5.74. The zero-order chi connectivity index (χ0) is 26.2. The average Bonchev–Trinajstić information content (AvgIpc) is 3.21. The number of allylic oxidation sites excluding steroid dienone is 2. The monoisotopic (exact) mass is 492 g/mol. The lowest BCUT2D eigenvalue weighted by molar-refractivity contribution is 0.495. The summed E-state index contributed by atoms with van der Waals surface area (Å²) in [7, 11) is 1.70. The molecule has 36 heavy (non-hydrogen) atoms. The van der Waals surface area contributed by atoms with Gasteiger partial charge >= 0.3 is 5.69 Å². The summed E-state index contributed by atoms with van der Waals surface area (Å²) in [6.07, 6.45) is 4.64. The SMILES string of the molecule is CC(C)=CCn1c(N2CCCC(N)C2)nc2c1c(=O)n(CCc1ccc(C(C)(C)C)cc1)c(=O)n2C. The predicted octanol–water partition coefficient (Wildman–Crippen LogP) is 3.33. The lowest BCUT2D eigenvalue weighted by Gasteiger charge is -2.31. The number of aryl methyl sites for hydroxylation is 2. The van der Waals surface area contributed by atoms with Crippen molar-refractivity contribution in [2.45, 2.75) is 78.4 Å². The molecular formula is C28H40N6O2. The van der Waals surface area contributed by atoms with Gasteiger partial charge in [0.1, 0.15) is 0 Å². The van der Waals surface area contributed by atoms with Gasteiger partial charge in [-0.25, -0.2) is 4.79 Å². The predicted molar refractivity (Wildman–Crippen MR) is 147 cm³/mol. The first kappa shape index (κ1) is 25.9. The quantitative estimate of drug-likeness (QED) is 0.533. The summed E-state index contributed by atoms with van der Waals surface area (Å²) in [5.41, 5.74) is 10.1. The van der Waals surface area contributed by atoms with Crippen LogP contribution in [0, 0.1) is 0 Å². The van der Waals surface area contributed by atoms with E-state index in [0.717, 1.165) is 30.5 Å². The summed E-state index contributed by atoms with van der Waals surface area (Å²) in [5.74, 6) is 0.709. The topological polar surface area (TPSA) is 91.1 Å². The van der Waals surface area contributed by atoms with E-state index in [-0.39, 0.29) is 22.7 Å². The number of nitrogens with two attached hydrogens (primary N) is 1. The molecule has 0 aliphatic carbocycles. The van der Waals surface area contributed by atoms with Gasteiger partial charge in [-0.05, 0) is 49.7 Å². The molecule has 1 saturated heterocycles. The van der Waals surface area contributed by atoms with Crippen molar-refractivity contribution >= 4 is 17.1 Å². The average molecular weight is 493 g/mol. The fourth-order valence-electron chi connectivity index (χ4n) is 4.85. The van der Waals surface area contributed by atoms with Crippen LogP contribution in [0.3, 0.4) is 0 Å². The van der Waals surface area contributed by atoms with E-state index >= 15 is 0 Å². The van der Waals surface area contributed by atoms with Crippen LogP contribution < -0.4 is 21.9 Å². The molecule has 1 aromatic carbocycles. The summed E-state index contributed by atoms with van der Waals surface area (Å²) in [6, 6.07) is 8.50. The van der Waals surface area contributed by atoms with Gasteiger partial charge in [-0.15, -0.1) is 0 Å². The Morgan fingerprint density at radius 3 is 2.44 bits per heavy atom. The molecule has 1 aliphatic rings. The summed E-state index contributed by atoms with van der Waals surface area (Å²) in [4.78, 5) is 34.0. The number of anilines is 1. The molecule has 0 saturated carbocycles. The number of fused-ring (bicyclic) bond motifs is 1. The smallest absolute Gasteiger partial charge is 0.332 e. The van der Waals surface area contributed by atoms with Crippen molar-refractivity contribution in [1.82, 2.24) is 18.7 Å². The normalized spacial score (nSPS) is 16.5. The Bertz CT molecular complexity index is 1380. The minimum absolute atomic E-state index is 0.0700. The maximum Gasteiger partial charge on any atom is 0.332 e. The Balaban J connectivity index is 1.76. The molecule has 1 atom stereocenters. The van der Waals surface area contributed by atoms with Crippen molar-refractivity contribution in [3.63, 3.8) is 0 Å². The highest BCUT2D eigenvalue weighted by atomic mass is 16.2. The van der Waals surface area contributed by atoms with Gasteiger partial charge in [-0.1, -0.05) is 56.7 Å². The number of imidazole rings is 1. The summed E-state index contributed by atoms with van der Waals surface area (Å²) in [5, 5.41) is 0. The Kier molecular flexibility index (Phi) is 7.27. The molecule has 8 heteroatoms. The molecule has 1 aliphatic heterocycles. The highest BCUT2D eigenvalue weighted by Gasteiger charge is 2.26. The molecule has 4 rings (SSSR count). The number of benzene rings is 1. The molecule has 1 unspecified atom stereocenters. The van der Waals surface area contributed by atoms with Crippen LogP contribution in [-0.2, 0) is 32.0 Å². The maximum atomic E-state index is 13.8. The minimum atomic E-state index is -0.340. The van der Waals surface area contributed by atoms with E-state index in [1.807, 2.05) is 18.4 Å². The van der Waals surface area contributed by atoms with Gasteiger partial charge in [0.15, 0.2) is 11.2 Å². The van der Waals surface area contributed by atoms with Gasteiger partial charge in [-0.2, -0.15) is 4.98 Å². The Morgan fingerprint density at radius 2 is 1.83 bits per heavy atom. The number of nitrogens with zero attached hydrogens (tertiary/aromatic N) is 5. The van der Waals surface area contributed by atoms with E-state index in [1.165, 1.54) is 14.7 Å². The molecular weight excluding hydrogens is 452 g/mol. The second-order valence-corrected chi connectivity index (χ2v) is 11.3. The van der Waals surface area contributed by atoms with Gasteiger partial charge in [-0.3, -0.25) is 13.9 Å². The fourth-order valence-corrected chi connectivity index (χ4v) is 4.85. The molecule has 0 radical (unpaired) electrons. The van der Waals surface area contributed by atoms with E-state index in [1.54, 1.807) is 7.05 Å². The first-order valence-electron chi connectivity index (χ1n) is 12.9. The highest BCUT2D eigenvalue weighted by Crippen LogP contribution is 2.24. The molecule has 2 aromatic heterocycles. The fraction of sp³-hybridized carbons (Fsp3) is 0.536. The van der Waals surface area contributed by atoms with Crippen LogP contribution in [0.25, 0.3) is 11.2 Å². The molecule has 1 fully saturated rings. The van der Waals surface area contributed by atoms with E-state index in [2.05, 4.69) is 56.0 Å². The lowest BCUT2D eigenvalue weighted by Crippen LogP contribution is -2.44. The van der Waals surface area contributed by atoms with E-state index in [9.17, 15) is 9.59 Å². The van der Waals surface area contributed by atoms with Crippen molar-refractivity contribution < 1.29 is 0 Å². The molecule has 0 bridgehead atoms. The van der Waals surface area contributed by atoms with Gasteiger partial charge in [0, 0.05) is 39.3 Å². The molecule has 194 valence electrons. The largest absolute Gasteiger partial charge is 0.341 e. The second kappa shape index (κ2) is 10.1. The van der Waals surface area contributed by atoms with Crippen molar-refractivity contribution in [3.8, 4) is 0 Å². The zero-order valence-electron chi connectivity index (χ0n) is 22.5.